The monoisotopic (exact) mass is 636 g/mol. The molecule has 10 rings (SSSR count). The molecule has 0 radical (unpaired) electrons. The summed E-state index contributed by atoms with van der Waals surface area (Å²) in [5.41, 5.74) is 14.5. The Morgan fingerprint density at radius 2 is 0.600 bits per heavy atom. The highest BCUT2D eigenvalue weighted by molar-refractivity contribution is 6.12. The average Bonchev–Trinajstić information content (AvgIpc) is 3.71. The topological polar surface area (TPSA) is 9.86 Å². The van der Waals surface area contributed by atoms with Crippen molar-refractivity contribution in [3.05, 3.63) is 194 Å². The third kappa shape index (κ3) is 4.57. The molecule has 234 valence electrons. The fourth-order valence-electron chi connectivity index (χ4n) is 7.75. The molecule has 2 nitrogen and oxygen atoms in total. The zero-order valence-electron chi connectivity index (χ0n) is 27.4. The Labute approximate surface area is 290 Å². The highest BCUT2D eigenvalue weighted by Crippen LogP contribution is 2.38. The van der Waals surface area contributed by atoms with Crippen LogP contribution >= 0.6 is 0 Å². The first-order valence-electron chi connectivity index (χ1n) is 17.2. The van der Waals surface area contributed by atoms with Gasteiger partial charge in [0.1, 0.15) is 0 Å². The van der Waals surface area contributed by atoms with Crippen molar-refractivity contribution < 1.29 is 0 Å². The summed E-state index contributed by atoms with van der Waals surface area (Å²) in [5, 5.41) is 5.04. The number of benzene rings is 8. The Morgan fingerprint density at radius 3 is 1.16 bits per heavy atom. The molecular weight excluding hydrogens is 605 g/mol. The van der Waals surface area contributed by atoms with E-state index in [1.165, 1.54) is 82.7 Å². The quantitative estimate of drug-likeness (QED) is 0.178. The van der Waals surface area contributed by atoms with E-state index >= 15 is 0 Å². The van der Waals surface area contributed by atoms with Crippen molar-refractivity contribution in [3.63, 3.8) is 0 Å². The van der Waals surface area contributed by atoms with Crippen LogP contribution in [0.5, 0.6) is 0 Å². The molecule has 8 aromatic carbocycles. The number of aromatic nitrogens is 2. The Hall–Kier alpha value is -6.64. The first kappa shape index (κ1) is 28.4. The Bertz CT molecular complexity index is 2840. The number of fused-ring (bicyclic) bond motifs is 6. The molecule has 0 aliphatic rings. The van der Waals surface area contributed by atoms with Gasteiger partial charge in [-0.2, -0.15) is 0 Å². The van der Waals surface area contributed by atoms with Gasteiger partial charge in [0, 0.05) is 32.9 Å². The number of hydrogen-bond donors (Lipinski definition) is 0. The molecule has 0 fully saturated rings. The van der Waals surface area contributed by atoms with Crippen molar-refractivity contribution in [1.29, 1.82) is 0 Å². The van der Waals surface area contributed by atoms with E-state index in [9.17, 15) is 0 Å². The minimum atomic E-state index is 1.15. The average molecular weight is 637 g/mol. The molecule has 2 heteroatoms. The molecule has 2 aromatic heterocycles. The largest absolute Gasteiger partial charge is 0.309 e. The van der Waals surface area contributed by atoms with Gasteiger partial charge in [-0.15, -0.1) is 0 Å². The van der Waals surface area contributed by atoms with Gasteiger partial charge in [0.15, 0.2) is 0 Å². The summed E-state index contributed by atoms with van der Waals surface area (Å²) in [6, 6.07) is 70.4. The van der Waals surface area contributed by atoms with E-state index in [0.717, 1.165) is 5.69 Å². The maximum Gasteiger partial charge on any atom is 0.0541 e. The van der Waals surface area contributed by atoms with Crippen molar-refractivity contribution in [2.75, 3.05) is 0 Å². The summed E-state index contributed by atoms with van der Waals surface area (Å²) in [6.45, 7) is 0. The summed E-state index contributed by atoms with van der Waals surface area (Å²) in [4.78, 5) is 0. The first-order valence-corrected chi connectivity index (χ1v) is 17.2. The van der Waals surface area contributed by atoms with Crippen LogP contribution in [-0.4, -0.2) is 9.13 Å². The standard InChI is InChI=1S/C48H32N2/c1-3-12-33(13-4-1)35-14-11-15-36(30-35)34-22-26-40(27-23-34)50-46-21-10-8-19-42(46)44-32-38(25-29-48(44)50)37-24-28-47-43(31-37)41-18-7-9-20-45(41)49(47)39-16-5-2-6-17-39/h1-32H. The zero-order chi connectivity index (χ0) is 33.0. The molecule has 10 aromatic rings. The minimum absolute atomic E-state index is 1.15. The zero-order valence-corrected chi connectivity index (χ0v) is 27.4. The van der Waals surface area contributed by atoms with E-state index in [1.54, 1.807) is 0 Å². The predicted molar refractivity (Wildman–Crippen MR) is 211 cm³/mol. The van der Waals surface area contributed by atoms with E-state index in [1.807, 2.05) is 0 Å². The Kier molecular flexibility index (Phi) is 6.53. The lowest BCUT2D eigenvalue weighted by atomic mass is 9.99. The Morgan fingerprint density at radius 1 is 0.220 bits per heavy atom. The van der Waals surface area contributed by atoms with E-state index in [0.29, 0.717) is 0 Å². The van der Waals surface area contributed by atoms with Crippen LogP contribution in [0, 0.1) is 0 Å². The lowest BCUT2D eigenvalue weighted by Crippen LogP contribution is -1.94. The molecular formula is C48H32N2. The van der Waals surface area contributed by atoms with E-state index in [-0.39, 0.29) is 0 Å². The van der Waals surface area contributed by atoms with Crippen LogP contribution in [0.4, 0.5) is 0 Å². The second-order valence-electron chi connectivity index (χ2n) is 13.0. The highest BCUT2D eigenvalue weighted by atomic mass is 15.0. The van der Waals surface area contributed by atoms with Crippen LogP contribution in [0.25, 0.3) is 88.4 Å². The minimum Gasteiger partial charge on any atom is -0.309 e. The van der Waals surface area contributed by atoms with Gasteiger partial charge in [0.25, 0.3) is 0 Å². The molecule has 0 spiro atoms. The Balaban J connectivity index is 1.07. The summed E-state index contributed by atoms with van der Waals surface area (Å²) < 4.78 is 4.77. The van der Waals surface area contributed by atoms with Crippen molar-refractivity contribution >= 4 is 43.6 Å². The fourth-order valence-corrected chi connectivity index (χ4v) is 7.75. The van der Waals surface area contributed by atoms with Gasteiger partial charge in [-0.25, -0.2) is 0 Å². The third-order valence-electron chi connectivity index (χ3n) is 10.1. The van der Waals surface area contributed by atoms with Gasteiger partial charge >= 0.3 is 0 Å². The normalized spacial score (nSPS) is 11.6. The maximum atomic E-state index is 2.40. The summed E-state index contributed by atoms with van der Waals surface area (Å²) in [7, 11) is 0. The van der Waals surface area contributed by atoms with Crippen LogP contribution < -0.4 is 0 Å². The number of hydrogen-bond acceptors (Lipinski definition) is 0. The van der Waals surface area contributed by atoms with Gasteiger partial charge in [0.2, 0.25) is 0 Å². The summed E-state index contributed by atoms with van der Waals surface area (Å²) in [6.07, 6.45) is 0. The van der Waals surface area contributed by atoms with Gasteiger partial charge in [-0.1, -0.05) is 127 Å². The molecule has 0 amide bonds. The summed E-state index contributed by atoms with van der Waals surface area (Å²) >= 11 is 0. The summed E-state index contributed by atoms with van der Waals surface area (Å²) in [5.74, 6) is 0. The molecule has 50 heavy (non-hydrogen) atoms. The molecule has 0 unspecified atom stereocenters. The smallest absolute Gasteiger partial charge is 0.0541 e. The second kappa shape index (κ2) is 11.5. The van der Waals surface area contributed by atoms with Crippen LogP contribution in [0.2, 0.25) is 0 Å². The van der Waals surface area contributed by atoms with Gasteiger partial charge in [-0.3, -0.25) is 0 Å². The molecule has 0 aliphatic heterocycles. The van der Waals surface area contributed by atoms with Gasteiger partial charge in [0.05, 0.1) is 22.1 Å². The van der Waals surface area contributed by atoms with Gasteiger partial charge in [-0.05, 0) is 100 Å². The predicted octanol–water partition coefficient (Wildman–Crippen LogP) is 12.9. The fraction of sp³-hybridized carbons (Fsp3) is 0. The molecule has 0 aliphatic carbocycles. The third-order valence-corrected chi connectivity index (χ3v) is 10.1. The number of rotatable bonds is 5. The SMILES string of the molecule is c1ccc(-c2cccc(-c3ccc(-n4c5ccccc5c5cc(-c6ccc7c(c6)c6ccccc6n7-c6ccccc6)ccc54)cc3)c2)cc1. The highest BCUT2D eigenvalue weighted by Gasteiger charge is 2.16. The van der Waals surface area contributed by atoms with E-state index in [2.05, 4.69) is 203 Å². The van der Waals surface area contributed by atoms with E-state index in [4.69, 9.17) is 0 Å². The molecule has 0 N–H and O–H groups in total. The first-order chi connectivity index (χ1) is 24.8. The van der Waals surface area contributed by atoms with Crippen LogP contribution in [0.3, 0.4) is 0 Å². The van der Waals surface area contributed by atoms with E-state index < -0.39 is 0 Å². The molecule has 0 atom stereocenters. The lowest BCUT2D eigenvalue weighted by molar-refractivity contribution is 1.18. The molecule has 0 bridgehead atoms. The van der Waals surface area contributed by atoms with Crippen molar-refractivity contribution in [3.8, 4) is 44.8 Å². The molecule has 0 saturated carbocycles. The number of para-hydroxylation sites is 3. The van der Waals surface area contributed by atoms with Crippen LogP contribution in [0.1, 0.15) is 0 Å². The molecule has 2 heterocycles. The maximum absolute atomic E-state index is 2.40. The van der Waals surface area contributed by atoms with Gasteiger partial charge < -0.3 is 9.13 Å². The van der Waals surface area contributed by atoms with Crippen molar-refractivity contribution in [1.82, 2.24) is 9.13 Å². The molecule has 0 saturated heterocycles. The van der Waals surface area contributed by atoms with Crippen molar-refractivity contribution in [2.45, 2.75) is 0 Å². The van der Waals surface area contributed by atoms with Crippen molar-refractivity contribution in [2.24, 2.45) is 0 Å². The van der Waals surface area contributed by atoms with Crippen LogP contribution in [0.15, 0.2) is 194 Å². The van der Waals surface area contributed by atoms with Crippen LogP contribution in [-0.2, 0) is 0 Å². The number of nitrogens with zero attached hydrogens (tertiary/aromatic N) is 2. The lowest BCUT2D eigenvalue weighted by Gasteiger charge is -2.11. The second-order valence-corrected chi connectivity index (χ2v) is 13.0.